The molecule has 1 atom stereocenters. The maximum Gasteiger partial charge on any atom is 0.135 e. The van der Waals surface area contributed by atoms with Crippen LogP contribution in [0, 0.1) is 5.92 Å². The highest BCUT2D eigenvalue weighted by Gasteiger charge is 2.24. The smallest absolute Gasteiger partial charge is 0.135 e. The molecule has 0 aromatic carbocycles. The first-order valence-corrected chi connectivity index (χ1v) is 5.05. The van der Waals surface area contributed by atoms with Crippen molar-refractivity contribution in [3.05, 3.63) is 18.2 Å². The third-order valence-corrected chi connectivity index (χ3v) is 2.90. The molecule has 13 heavy (non-hydrogen) atoms. The van der Waals surface area contributed by atoms with E-state index in [4.69, 9.17) is 0 Å². The van der Waals surface area contributed by atoms with Crippen molar-refractivity contribution in [1.82, 2.24) is 9.97 Å². The number of imidazole rings is 1. The first kappa shape index (κ1) is 8.75. The van der Waals surface area contributed by atoms with Crippen LogP contribution in [0.2, 0.25) is 0 Å². The van der Waals surface area contributed by atoms with Gasteiger partial charge >= 0.3 is 0 Å². The first-order chi connectivity index (χ1) is 6.38. The molecule has 1 fully saturated rings. The lowest BCUT2D eigenvalue weighted by molar-refractivity contribution is 0.0779. The summed E-state index contributed by atoms with van der Waals surface area (Å²) in [6.45, 7) is 0. The van der Waals surface area contributed by atoms with Crippen LogP contribution in [0.4, 0.5) is 0 Å². The fourth-order valence-electron chi connectivity index (χ4n) is 2.11. The number of hydrogen-bond donors (Lipinski definition) is 2. The van der Waals surface area contributed by atoms with Crippen LogP contribution in [0.3, 0.4) is 0 Å². The van der Waals surface area contributed by atoms with Gasteiger partial charge in [0.2, 0.25) is 0 Å². The molecule has 0 saturated heterocycles. The zero-order valence-corrected chi connectivity index (χ0v) is 7.74. The Labute approximate surface area is 78.2 Å². The standard InChI is InChI=1S/C10H16N2O/c13-9(10-11-6-7-12-10)8-4-2-1-3-5-8/h6-9,13H,1-5H2,(H,11,12)/t9-/m0/s1. The zero-order valence-electron chi connectivity index (χ0n) is 7.74. The van der Waals surface area contributed by atoms with Crippen LogP contribution in [-0.2, 0) is 0 Å². The molecule has 2 rings (SSSR count). The number of aromatic amines is 1. The van der Waals surface area contributed by atoms with E-state index in [1.165, 1.54) is 19.3 Å². The minimum atomic E-state index is -0.379. The number of aliphatic hydroxyl groups excluding tert-OH is 1. The van der Waals surface area contributed by atoms with Gasteiger partial charge in [-0.05, 0) is 18.8 Å². The Balaban J connectivity index is 1.99. The van der Waals surface area contributed by atoms with Crippen LogP contribution in [0.5, 0.6) is 0 Å². The van der Waals surface area contributed by atoms with Crippen molar-refractivity contribution < 1.29 is 5.11 Å². The fraction of sp³-hybridized carbons (Fsp3) is 0.700. The average molecular weight is 180 g/mol. The van der Waals surface area contributed by atoms with Gasteiger partial charge < -0.3 is 10.1 Å². The molecule has 3 nitrogen and oxygen atoms in total. The van der Waals surface area contributed by atoms with Gasteiger partial charge in [-0.2, -0.15) is 0 Å². The van der Waals surface area contributed by atoms with E-state index in [9.17, 15) is 5.11 Å². The summed E-state index contributed by atoms with van der Waals surface area (Å²) in [6.07, 6.45) is 9.19. The van der Waals surface area contributed by atoms with Gasteiger partial charge in [0.15, 0.2) is 0 Å². The third-order valence-electron chi connectivity index (χ3n) is 2.90. The molecular formula is C10H16N2O. The molecule has 1 heterocycles. The van der Waals surface area contributed by atoms with Crippen molar-refractivity contribution in [3.63, 3.8) is 0 Å². The molecule has 1 saturated carbocycles. The fourth-order valence-corrected chi connectivity index (χ4v) is 2.11. The van der Waals surface area contributed by atoms with Gasteiger partial charge in [-0.15, -0.1) is 0 Å². The second kappa shape index (κ2) is 3.92. The van der Waals surface area contributed by atoms with Crippen LogP contribution >= 0.6 is 0 Å². The Bertz CT molecular complexity index is 239. The van der Waals surface area contributed by atoms with Crippen LogP contribution in [0.15, 0.2) is 12.4 Å². The van der Waals surface area contributed by atoms with Gasteiger partial charge in [0.05, 0.1) is 0 Å². The largest absolute Gasteiger partial charge is 0.385 e. The summed E-state index contributed by atoms with van der Waals surface area (Å²) in [5.41, 5.74) is 0. The van der Waals surface area contributed by atoms with Crippen molar-refractivity contribution in [2.24, 2.45) is 5.92 Å². The molecule has 72 valence electrons. The minimum Gasteiger partial charge on any atom is -0.385 e. The molecule has 0 unspecified atom stereocenters. The summed E-state index contributed by atoms with van der Waals surface area (Å²) < 4.78 is 0. The maximum atomic E-state index is 9.94. The zero-order chi connectivity index (χ0) is 9.10. The van der Waals surface area contributed by atoms with Crippen LogP contribution < -0.4 is 0 Å². The normalized spacial score (nSPS) is 21.6. The molecule has 0 radical (unpaired) electrons. The minimum absolute atomic E-state index is 0.379. The average Bonchev–Trinajstić information content (AvgIpc) is 2.71. The number of hydrogen-bond acceptors (Lipinski definition) is 2. The Kier molecular flexibility index (Phi) is 2.64. The molecule has 0 aliphatic heterocycles. The third kappa shape index (κ3) is 1.91. The van der Waals surface area contributed by atoms with Gasteiger partial charge in [0.25, 0.3) is 0 Å². The van der Waals surface area contributed by atoms with E-state index in [1.807, 2.05) is 0 Å². The van der Waals surface area contributed by atoms with E-state index < -0.39 is 0 Å². The quantitative estimate of drug-likeness (QED) is 0.731. The van der Waals surface area contributed by atoms with Crippen LogP contribution in [0.1, 0.15) is 44.0 Å². The molecule has 0 bridgehead atoms. The lowest BCUT2D eigenvalue weighted by atomic mass is 9.85. The van der Waals surface area contributed by atoms with E-state index in [0.717, 1.165) is 18.7 Å². The molecule has 2 N–H and O–H groups in total. The molecule has 1 aromatic rings. The van der Waals surface area contributed by atoms with Gasteiger partial charge in [-0.3, -0.25) is 0 Å². The highest BCUT2D eigenvalue weighted by atomic mass is 16.3. The topological polar surface area (TPSA) is 48.9 Å². The summed E-state index contributed by atoms with van der Waals surface area (Å²) in [5, 5.41) is 9.94. The lowest BCUT2D eigenvalue weighted by Crippen LogP contribution is -2.16. The van der Waals surface area contributed by atoms with Crippen LogP contribution in [0.25, 0.3) is 0 Å². The van der Waals surface area contributed by atoms with Gasteiger partial charge in [0, 0.05) is 12.4 Å². The predicted molar refractivity (Wildman–Crippen MR) is 50.1 cm³/mol. The summed E-state index contributed by atoms with van der Waals surface area (Å²) in [5.74, 6) is 1.15. The van der Waals surface area contributed by atoms with Crippen molar-refractivity contribution in [2.45, 2.75) is 38.2 Å². The second-order valence-corrected chi connectivity index (χ2v) is 3.82. The van der Waals surface area contributed by atoms with Gasteiger partial charge in [-0.1, -0.05) is 19.3 Å². The molecule has 1 aliphatic carbocycles. The first-order valence-electron chi connectivity index (χ1n) is 5.05. The predicted octanol–water partition coefficient (Wildman–Crippen LogP) is 2.02. The monoisotopic (exact) mass is 180 g/mol. The summed E-state index contributed by atoms with van der Waals surface area (Å²) in [6, 6.07) is 0. The molecule has 0 amide bonds. The molecule has 3 heteroatoms. The Hall–Kier alpha value is -0.830. The SMILES string of the molecule is O[C@H](c1ncc[nH]1)C1CCCCC1. The number of H-pyrrole nitrogens is 1. The second-order valence-electron chi connectivity index (χ2n) is 3.82. The van der Waals surface area contributed by atoms with Gasteiger partial charge in [-0.25, -0.2) is 4.98 Å². The van der Waals surface area contributed by atoms with Crippen molar-refractivity contribution >= 4 is 0 Å². The van der Waals surface area contributed by atoms with E-state index in [0.29, 0.717) is 5.92 Å². The summed E-state index contributed by atoms with van der Waals surface area (Å²) in [7, 11) is 0. The molecular weight excluding hydrogens is 164 g/mol. The molecule has 1 aliphatic rings. The highest BCUT2D eigenvalue weighted by molar-refractivity contribution is 4.94. The van der Waals surface area contributed by atoms with Gasteiger partial charge in [0.1, 0.15) is 11.9 Å². The van der Waals surface area contributed by atoms with Crippen molar-refractivity contribution in [2.75, 3.05) is 0 Å². The number of nitrogens with one attached hydrogen (secondary N) is 1. The van der Waals surface area contributed by atoms with E-state index in [-0.39, 0.29) is 6.10 Å². The Morgan fingerprint density at radius 2 is 2.15 bits per heavy atom. The van der Waals surface area contributed by atoms with Crippen molar-refractivity contribution in [1.29, 1.82) is 0 Å². The molecule has 0 spiro atoms. The lowest BCUT2D eigenvalue weighted by Gasteiger charge is -2.25. The number of aromatic nitrogens is 2. The number of aliphatic hydroxyl groups is 1. The number of nitrogens with zero attached hydrogens (tertiary/aromatic N) is 1. The van der Waals surface area contributed by atoms with E-state index >= 15 is 0 Å². The Morgan fingerprint density at radius 3 is 2.77 bits per heavy atom. The highest BCUT2D eigenvalue weighted by Crippen LogP contribution is 2.32. The maximum absolute atomic E-state index is 9.94. The Morgan fingerprint density at radius 1 is 1.38 bits per heavy atom. The van der Waals surface area contributed by atoms with E-state index in [1.54, 1.807) is 12.4 Å². The number of rotatable bonds is 2. The van der Waals surface area contributed by atoms with Crippen molar-refractivity contribution in [3.8, 4) is 0 Å². The van der Waals surface area contributed by atoms with Crippen LogP contribution in [-0.4, -0.2) is 15.1 Å². The summed E-state index contributed by atoms with van der Waals surface area (Å²) >= 11 is 0. The summed E-state index contributed by atoms with van der Waals surface area (Å²) in [4.78, 5) is 7.06. The van der Waals surface area contributed by atoms with E-state index in [2.05, 4.69) is 9.97 Å². The molecule has 1 aromatic heterocycles.